The topological polar surface area (TPSA) is 28.7 Å². The van der Waals surface area contributed by atoms with Gasteiger partial charge < -0.3 is 4.57 Å². The SMILES string of the molecule is CCn1c(C)cc(CCC#N)c1C. The van der Waals surface area contributed by atoms with Gasteiger partial charge in [0.25, 0.3) is 0 Å². The van der Waals surface area contributed by atoms with Crippen molar-refractivity contribution in [3.63, 3.8) is 0 Å². The first-order valence-corrected chi connectivity index (χ1v) is 4.73. The van der Waals surface area contributed by atoms with Gasteiger partial charge in [-0.15, -0.1) is 0 Å². The first kappa shape index (κ1) is 9.85. The molecule has 1 aromatic heterocycles. The Bertz CT molecular complexity index is 329. The average Bonchev–Trinajstić information content (AvgIpc) is 2.38. The minimum atomic E-state index is 0.619. The summed E-state index contributed by atoms with van der Waals surface area (Å²) in [7, 11) is 0. The van der Waals surface area contributed by atoms with Gasteiger partial charge in [0, 0.05) is 24.4 Å². The number of rotatable bonds is 3. The van der Waals surface area contributed by atoms with Crippen molar-refractivity contribution in [2.45, 2.75) is 40.2 Å². The van der Waals surface area contributed by atoms with Crippen LogP contribution in [0.5, 0.6) is 0 Å². The van der Waals surface area contributed by atoms with Crippen molar-refractivity contribution in [3.8, 4) is 6.07 Å². The summed E-state index contributed by atoms with van der Waals surface area (Å²) in [5, 5.41) is 8.49. The van der Waals surface area contributed by atoms with E-state index in [1.165, 1.54) is 17.0 Å². The molecule has 70 valence electrons. The van der Waals surface area contributed by atoms with Gasteiger partial charge in [-0.25, -0.2) is 0 Å². The number of hydrogen-bond donors (Lipinski definition) is 0. The van der Waals surface area contributed by atoms with Gasteiger partial charge in [0.15, 0.2) is 0 Å². The van der Waals surface area contributed by atoms with E-state index in [9.17, 15) is 0 Å². The van der Waals surface area contributed by atoms with E-state index in [4.69, 9.17) is 5.26 Å². The molecule has 0 bridgehead atoms. The summed E-state index contributed by atoms with van der Waals surface area (Å²) < 4.78 is 2.28. The summed E-state index contributed by atoms with van der Waals surface area (Å²) >= 11 is 0. The summed E-state index contributed by atoms with van der Waals surface area (Å²) in [5.41, 5.74) is 3.93. The number of nitrogens with zero attached hydrogens (tertiary/aromatic N) is 2. The molecule has 2 heteroatoms. The number of nitriles is 1. The minimum absolute atomic E-state index is 0.619. The van der Waals surface area contributed by atoms with Crippen molar-refractivity contribution in [3.05, 3.63) is 23.0 Å². The van der Waals surface area contributed by atoms with Gasteiger partial charge in [-0.1, -0.05) is 0 Å². The molecule has 0 aliphatic rings. The molecule has 13 heavy (non-hydrogen) atoms. The molecule has 2 nitrogen and oxygen atoms in total. The van der Waals surface area contributed by atoms with Crippen molar-refractivity contribution >= 4 is 0 Å². The average molecular weight is 176 g/mol. The first-order valence-electron chi connectivity index (χ1n) is 4.73. The zero-order chi connectivity index (χ0) is 9.84. The van der Waals surface area contributed by atoms with Crippen molar-refractivity contribution in [2.75, 3.05) is 0 Å². The fraction of sp³-hybridized carbons (Fsp3) is 0.545. The zero-order valence-electron chi connectivity index (χ0n) is 8.59. The van der Waals surface area contributed by atoms with Gasteiger partial charge in [0.1, 0.15) is 0 Å². The molecule has 0 radical (unpaired) electrons. The fourth-order valence-corrected chi connectivity index (χ4v) is 1.80. The highest BCUT2D eigenvalue weighted by Gasteiger charge is 2.06. The molecule has 0 saturated carbocycles. The summed E-state index contributed by atoms with van der Waals surface area (Å²) in [5.74, 6) is 0. The monoisotopic (exact) mass is 176 g/mol. The van der Waals surface area contributed by atoms with Crippen LogP contribution >= 0.6 is 0 Å². The van der Waals surface area contributed by atoms with Crippen molar-refractivity contribution in [2.24, 2.45) is 0 Å². The van der Waals surface area contributed by atoms with Gasteiger partial charge in [-0.3, -0.25) is 0 Å². The molecule has 1 rings (SSSR count). The van der Waals surface area contributed by atoms with Gasteiger partial charge in [-0.2, -0.15) is 5.26 Å². The van der Waals surface area contributed by atoms with Crippen LogP contribution in [0.25, 0.3) is 0 Å². The Kier molecular flexibility index (Phi) is 3.13. The number of aryl methyl sites for hydroxylation is 2. The third-order valence-electron chi connectivity index (χ3n) is 2.50. The highest BCUT2D eigenvalue weighted by atomic mass is 15.0. The Morgan fingerprint density at radius 2 is 2.15 bits per heavy atom. The second-order valence-electron chi connectivity index (χ2n) is 3.30. The lowest BCUT2D eigenvalue weighted by atomic mass is 10.1. The van der Waals surface area contributed by atoms with Gasteiger partial charge >= 0.3 is 0 Å². The van der Waals surface area contributed by atoms with Crippen molar-refractivity contribution in [1.82, 2.24) is 4.57 Å². The summed E-state index contributed by atoms with van der Waals surface area (Å²) in [6.45, 7) is 7.41. The molecular formula is C11H16N2. The van der Waals surface area contributed by atoms with Crippen LogP contribution < -0.4 is 0 Å². The normalized spacial score (nSPS) is 10.0. The smallest absolute Gasteiger partial charge is 0.0625 e. The van der Waals surface area contributed by atoms with Gasteiger partial charge in [-0.05, 0) is 38.8 Å². The van der Waals surface area contributed by atoms with Crippen molar-refractivity contribution in [1.29, 1.82) is 5.26 Å². The second kappa shape index (κ2) is 4.13. The molecule has 1 aromatic rings. The minimum Gasteiger partial charge on any atom is -0.349 e. The molecule has 0 aliphatic heterocycles. The molecule has 0 aliphatic carbocycles. The fourth-order valence-electron chi connectivity index (χ4n) is 1.80. The molecular weight excluding hydrogens is 160 g/mol. The maximum Gasteiger partial charge on any atom is 0.0625 e. The van der Waals surface area contributed by atoms with Crippen LogP contribution in [0.3, 0.4) is 0 Å². The van der Waals surface area contributed by atoms with Crippen LogP contribution in [-0.2, 0) is 13.0 Å². The summed E-state index contributed by atoms with van der Waals surface area (Å²) in [6, 6.07) is 4.37. The lowest BCUT2D eigenvalue weighted by Crippen LogP contribution is -1.99. The summed E-state index contributed by atoms with van der Waals surface area (Å²) in [4.78, 5) is 0. The van der Waals surface area contributed by atoms with E-state index in [1.807, 2.05) is 0 Å². The van der Waals surface area contributed by atoms with E-state index < -0.39 is 0 Å². The van der Waals surface area contributed by atoms with E-state index in [0.29, 0.717) is 6.42 Å². The third-order valence-corrected chi connectivity index (χ3v) is 2.50. The first-order chi connectivity index (χ1) is 6.20. The number of aromatic nitrogens is 1. The highest BCUT2D eigenvalue weighted by Crippen LogP contribution is 2.16. The Labute approximate surface area is 79.8 Å². The molecule has 0 unspecified atom stereocenters. The van der Waals surface area contributed by atoms with Gasteiger partial charge in [0.2, 0.25) is 0 Å². The maximum atomic E-state index is 8.49. The van der Waals surface area contributed by atoms with Crippen molar-refractivity contribution < 1.29 is 0 Å². The predicted molar refractivity (Wildman–Crippen MR) is 53.5 cm³/mol. The second-order valence-corrected chi connectivity index (χ2v) is 3.30. The standard InChI is InChI=1S/C11H16N2/c1-4-13-9(2)8-11(10(13)3)6-5-7-12/h8H,4-6H2,1-3H3. The molecule has 0 fully saturated rings. The Morgan fingerprint density at radius 3 is 2.62 bits per heavy atom. The van der Waals surface area contributed by atoms with Crippen LogP contribution in [0.2, 0.25) is 0 Å². The van der Waals surface area contributed by atoms with Gasteiger partial charge in [0.05, 0.1) is 6.07 Å². The van der Waals surface area contributed by atoms with E-state index in [0.717, 1.165) is 13.0 Å². The van der Waals surface area contributed by atoms with Crippen LogP contribution in [-0.4, -0.2) is 4.57 Å². The molecule has 0 saturated heterocycles. The van der Waals surface area contributed by atoms with Crippen LogP contribution in [0.15, 0.2) is 6.07 Å². The van der Waals surface area contributed by atoms with E-state index in [2.05, 4.69) is 37.5 Å². The quantitative estimate of drug-likeness (QED) is 0.695. The van der Waals surface area contributed by atoms with E-state index >= 15 is 0 Å². The molecule has 1 heterocycles. The lowest BCUT2D eigenvalue weighted by Gasteiger charge is -2.04. The predicted octanol–water partition coefficient (Wildman–Crippen LogP) is 2.58. The largest absolute Gasteiger partial charge is 0.349 e. The summed E-state index contributed by atoms with van der Waals surface area (Å²) in [6.07, 6.45) is 1.50. The Balaban J connectivity index is 2.91. The lowest BCUT2D eigenvalue weighted by molar-refractivity contribution is 0.714. The molecule has 0 amide bonds. The van der Waals surface area contributed by atoms with Crippen LogP contribution in [0.4, 0.5) is 0 Å². The molecule has 0 aromatic carbocycles. The highest BCUT2D eigenvalue weighted by molar-refractivity contribution is 5.27. The Hall–Kier alpha value is -1.23. The number of hydrogen-bond acceptors (Lipinski definition) is 1. The third kappa shape index (κ3) is 1.92. The molecule has 0 N–H and O–H groups in total. The zero-order valence-corrected chi connectivity index (χ0v) is 8.59. The Morgan fingerprint density at radius 1 is 1.46 bits per heavy atom. The van der Waals surface area contributed by atoms with E-state index in [1.54, 1.807) is 0 Å². The van der Waals surface area contributed by atoms with Crippen LogP contribution in [0, 0.1) is 25.2 Å². The molecule has 0 spiro atoms. The molecule has 0 atom stereocenters. The van der Waals surface area contributed by atoms with E-state index in [-0.39, 0.29) is 0 Å². The van der Waals surface area contributed by atoms with Crippen LogP contribution in [0.1, 0.15) is 30.3 Å². The maximum absolute atomic E-state index is 8.49.